The smallest absolute Gasteiger partial charge is 0.226 e. The average Bonchev–Trinajstić information content (AvgIpc) is 3.31. The van der Waals surface area contributed by atoms with Crippen molar-refractivity contribution >= 4 is 11.6 Å². The Kier molecular flexibility index (Phi) is 4.71. The number of hydrogen-bond donors (Lipinski definition) is 1. The molecule has 0 aliphatic carbocycles. The third-order valence-corrected chi connectivity index (χ3v) is 4.39. The van der Waals surface area contributed by atoms with Crippen LogP contribution in [0.15, 0.2) is 48.9 Å². The maximum Gasteiger partial charge on any atom is 0.226 e. The van der Waals surface area contributed by atoms with Crippen LogP contribution in [0.1, 0.15) is 5.69 Å². The zero-order valence-electron chi connectivity index (χ0n) is 16.0. The molecule has 0 saturated heterocycles. The molecule has 1 N–H and O–H groups in total. The van der Waals surface area contributed by atoms with Gasteiger partial charge in [-0.3, -0.25) is 0 Å². The van der Waals surface area contributed by atoms with E-state index in [1.54, 1.807) is 20.5 Å². The summed E-state index contributed by atoms with van der Waals surface area (Å²) >= 11 is 0. The SMILES string of the molecule is COc1cc(-c2nc(Nc3cccc(F)c3F)n(C)n2)ccc1-n1cnc(C)c1. The number of anilines is 2. The van der Waals surface area contributed by atoms with Crippen molar-refractivity contribution in [2.24, 2.45) is 7.05 Å². The van der Waals surface area contributed by atoms with Crippen molar-refractivity contribution in [1.82, 2.24) is 24.3 Å². The van der Waals surface area contributed by atoms with Gasteiger partial charge in [0.1, 0.15) is 5.75 Å². The number of ether oxygens (including phenoxy) is 1. The summed E-state index contributed by atoms with van der Waals surface area (Å²) in [5.41, 5.74) is 2.41. The number of rotatable bonds is 5. The van der Waals surface area contributed by atoms with Crippen LogP contribution in [0.25, 0.3) is 17.1 Å². The predicted octanol–water partition coefficient (Wildman–Crippen LogP) is 4.01. The molecule has 4 aromatic rings. The number of imidazole rings is 1. The third-order valence-electron chi connectivity index (χ3n) is 4.39. The Morgan fingerprint density at radius 2 is 1.97 bits per heavy atom. The highest BCUT2D eigenvalue weighted by Gasteiger charge is 2.15. The lowest BCUT2D eigenvalue weighted by molar-refractivity contribution is 0.413. The van der Waals surface area contributed by atoms with Crippen molar-refractivity contribution in [2.45, 2.75) is 6.92 Å². The van der Waals surface area contributed by atoms with Crippen LogP contribution in [0, 0.1) is 18.6 Å². The molecule has 0 unspecified atom stereocenters. The fraction of sp³-hybridized carbons (Fsp3) is 0.150. The molecule has 0 fully saturated rings. The van der Waals surface area contributed by atoms with Crippen LogP contribution in [0.2, 0.25) is 0 Å². The molecule has 148 valence electrons. The van der Waals surface area contributed by atoms with Crippen molar-refractivity contribution in [3.63, 3.8) is 0 Å². The van der Waals surface area contributed by atoms with Crippen molar-refractivity contribution < 1.29 is 13.5 Å². The first kappa shape index (κ1) is 18.6. The van der Waals surface area contributed by atoms with Gasteiger partial charge in [0.25, 0.3) is 0 Å². The minimum Gasteiger partial charge on any atom is -0.495 e. The van der Waals surface area contributed by atoms with Crippen molar-refractivity contribution in [1.29, 1.82) is 0 Å². The Balaban J connectivity index is 1.67. The van der Waals surface area contributed by atoms with Crippen LogP contribution in [0.3, 0.4) is 0 Å². The van der Waals surface area contributed by atoms with Crippen LogP contribution in [0.4, 0.5) is 20.4 Å². The minimum atomic E-state index is -0.973. The number of nitrogens with one attached hydrogen (secondary N) is 1. The first-order chi connectivity index (χ1) is 14.0. The first-order valence-electron chi connectivity index (χ1n) is 8.77. The van der Waals surface area contributed by atoms with Gasteiger partial charge in [-0.05, 0) is 37.3 Å². The Hall–Kier alpha value is -3.75. The van der Waals surface area contributed by atoms with Crippen molar-refractivity contribution in [2.75, 3.05) is 12.4 Å². The second-order valence-corrected chi connectivity index (χ2v) is 6.42. The van der Waals surface area contributed by atoms with E-state index >= 15 is 0 Å². The van der Waals surface area contributed by atoms with E-state index in [4.69, 9.17) is 4.74 Å². The number of methoxy groups -OCH3 is 1. The molecule has 9 heteroatoms. The van der Waals surface area contributed by atoms with Gasteiger partial charge in [-0.25, -0.2) is 18.4 Å². The summed E-state index contributed by atoms with van der Waals surface area (Å²) in [7, 11) is 3.24. The lowest BCUT2D eigenvalue weighted by Crippen LogP contribution is -2.02. The average molecular weight is 396 g/mol. The number of aromatic nitrogens is 5. The largest absolute Gasteiger partial charge is 0.495 e. The molecule has 0 aliphatic rings. The maximum atomic E-state index is 13.9. The van der Waals surface area contributed by atoms with Crippen LogP contribution in [-0.4, -0.2) is 31.4 Å². The molecule has 0 atom stereocenters. The van der Waals surface area contributed by atoms with Gasteiger partial charge >= 0.3 is 0 Å². The van der Waals surface area contributed by atoms with E-state index < -0.39 is 11.6 Å². The molecule has 0 saturated carbocycles. The number of benzene rings is 2. The molecule has 4 rings (SSSR count). The minimum absolute atomic E-state index is 0.0181. The number of halogens is 2. The topological polar surface area (TPSA) is 69.8 Å². The second-order valence-electron chi connectivity index (χ2n) is 6.42. The standard InChI is InChI=1S/C20H18F2N6O/c1-12-10-28(11-23-12)16-8-7-13(9-17(16)29-3)19-25-20(27(2)26-19)24-15-6-4-5-14(21)18(15)22/h4-11H,1-3H3,(H,24,25,26). The Morgan fingerprint density at radius 1 is 1.14 bits per heavy atom. The molecule has 29 heavy (non-hydrogen) atoms. The first-order valence-corrected chi connectivity index (χ1v) is 8.77. The predicted molar refractivity (Wildman–Crippen MR) is 104 cm³/mol. The van der Waals surface area contributed by atoms with Gasteiger partial charge in [0.05, 0.1) is 30.5 Å². The molecule has 2 aromatic carbocycles. The van der Waals surface area contributed by atoms with Gasteiger partial charge in [0.15, 0.2) is 17.5 Å². The van der Waals surface area contributed by atoms with Gasteiger partial charge in [-0.2, -0.15) is 4.98 Å². The monoisotopic (exact) mass is 396 g/mol. The zero-order valence-corrected chi connectivity index (χ0v) is 16.0. The molecule has 2 aromatic heterocycles. The summed E-state index contributed by atoms with van der Waals surface area (Å²) in [6, 6.07) is 9.45. The Bertz CT molecular complexity index is 1180. The summed E-state index contributed by atoms with van der Waals surface area (Å²) in [6.07, 6.45) is 3.60. The second kappa shape index (κ2) is 7.34. The highest BCUT2D eigenvalue weighted by atomic mass is 19.2. The van der Waals surface area contributed by atoms with Gasteiger partial charge < -0.3 is 14.6 Å². The molecular weight excluding hydrogens is 378 g/mol. The summed E-state index contributed by atoms with van der Waals surface area (Å²) in [5, 5.41) is 7.13. The third kappa shape index (κ3) is 3.54. The Morgan fingerprint density at radius 3 is 2.69 bits per heavy atom. The summed E-state index contributed by atoms with van der Waals surface area (Å²) in [4.78, 5) is 8.64. The van der Waals surface area contributed by atoms with Crippen LogP contribution in [0.5, 0.6) is 5.75 Å². The number of nitrogens with zero attached hydrogens (tertiary/aromatic N) is 5. The van der Waals surface area contributed by atoms with Gasteiger partial charge in [0.2, 0.25) is 5.95 Å². The molecular formula is C20H18F2N6O. The highest BCUT2D eigenvalue weighted by Crippen LogP contribution is 2.29. The number of aryl methyl sites for hydroxylation is 2. The van der Waals surface area contributed by atoms with Gasteiger partial charge in [-0.1, -0.05) is 6.07 Å². The molecule has 7 nitrogen and oxygen atoms in total. The van der Waals surface area contributed by atoms with Crippen LogP contribution < -0.4 is 10.1 Å². The molecule has 2 heterocycles. The van der Waals surface area contributed by atoms with Crippen LogP contribution >= 0.6 is 0 Å². The van der Waals surface area contributed by atoms with Gasteiger partial charge in [-0.15, -0.1) is 5.10 Å². The highest BCUT2D eigenvalue weighted by molar-refractivity contribution is 5.65. The molecule has 0 amide bonds. The van der Waals surface area contributed by atoms with E-state index in [1.807, 2.05) is 35.9 Å². The molecule has 0 radical (unpaired) electrons. The molecule has 0 spiro atoms. The quantitative estimate of drug-likeness (QED) is 0.552. The lowest BCUT2D eigenvalue weighted by atomic mass is 10.1. The van der Waals surface area contributed by atoms with Gasteiger partial charge in [0, 0.05) is 18.8 Å². The van der Waals surface area contributed by atoms with Crippen LogP contribution in [-0.2, 0) is 7.05 Å². The zero-order chi connectivity index (χ0) is 20.5. The maximum absolute atomic E-state index is 13.9. The van der Waals surface area contributed by atoms with Crippen molar-refractivity contribution in [3.05, 3.63) is 66.3 Å². The van der Waals surface area contributed by atoms with Crippen molar-refractivity contribution in [3.8, 4) is 22.8 Å². The van der Waals surface area contributed by atoms with E-state index in [2.05, 4.69) is 20.4 Å². The fourth-order valence-corrected chi connectivity index (χ4v) is 2.92. The Labute approximate surface area is 165 Å². The fourth-order valence-electron chi connectivity index (χ4n) is 2.92. The van der Waals surface area contributed by atoms with E-state index in [0.717, 1.165) is 17.4 Å². The van der Waals surface area contributed by atoms with E-state index in [9.17, 15) is 8.78 Å². The van der Waals surface area contributed by atoms with E-state index in [1.165, 1.54) is 16.8 Å². The molecule has 0 bridgehead atoms. The lowest BCUT2D eigenvalue weighted by Gasteiger charge is -2.10. The van der Waals surface area contributed by atoms with E-state index in [0.29, 0.717) is 17.1 Å². The summed E-state index contributed by atoms with van der Waals surface area (Å²) < 4.78 is 36.2. The van der Waals surface area contributed by atoms with E-state index in [-0.39, 0.29) is 11.6 Å². The molecule has 0 aliphatic heterocycles. The normalized spacial score (nSPS) is 10.9. The summed E-state index contributed by atoms with van der Waals surface area (Å²) in [5.74, 6) is -0.597. The summed E-state index contributed by atoms with van der Waals surface area (Å²) in [6.45, 7) is 1.91. The number of hydrogen-bond acceptors (Lipinski definition) is 5.